The maximum atomic E-state index is 11.0. The van der Waals surface area contributed by atoms with Gasteiger partial charge in [-0.15, -0.1) is 5.10 Å². The second-order valence-corrected chi connectivity index (χ2v) is 4.41. The third kappa shape index (κ3) is 2.93. The van der Waals surface area contributed by atoms with E-state index in [4.69, 9.17) is 9.52 Å². The van der Waals surface area contributed by atoms with Gasteiger partial charge in [0.15, 0.2) is 0 Å². The van der Waals surface area contributed by atoms with E-state index in [1.54, 1.807) is 6.92 Å². The topological polar surface area (TPSA) is 88.2 Å². The molecule has 6 heteroatoms. The monoisotopic (exact) mass is 213 g/mol. The molecule has 1 heterocycles. The molecule has 2 N–H and O–H groups in total. The summed E-state index contributed by atoms with van der Waals surface area (Å²) in [5.74, 6) is -0.547. The third-order valence-corrected chi connectivity index (χ3v) is 1.91. The van der Waals surface area contributed by atoms with Crippen LogP contribution in [0, 0.1) is 12.3 Å². The lowest BCUT2D eigenvalue weighted by molar-refractivity contribution is -0.140. The Morgan fingerprint density at radius 1 is 1.47 bits per heavy atom. The fourth-order valence-corrected chi connectivity index (χ4v) is 1.13. The molecule has 0 spiro atoms. The van der Waals surface area contributed by atoms with Gasteiger partial charge in [-0.05, 0) is 5.41 Å². The summed E-state index contributed by atoms with van der Waals surface area (Å²) >= 11 is 0. The van der Waals surface area contributed by atoms with Gasteiger partial charge in [0.2, 0.25) is 5.89 Å². The number of hydrogen-bond acceptors (Lipinski definition) is 5. The van der Waals surface area contributed by atoms with Gasteiger partial charge in [-0.1, -0.05) is 25.9 Å². The normalized spacial score (nSPS) is 13.6. The lowest BCUT2D eigenvalue weighted by atomic mass is 9.87. The van der Waals surface area contributed by atoms with Gasteiger partial charge in [0.1, 0.15) is 6.04 Å². The van der Waals surface area contributed by atoms with Crippen molar-refractivity contribution in [1.82, 2.24) is 10.2 Å². The molecule has 0 aliphatic heterocycles. The molecule has 0 aromatic carbocycles. The van der Waals surface area contributed by atoms with E-state index >= 15 is 0 Å². The number of aromatic nitrogens is 2. The molecule has 84 valence electrons. The molecule has 6 nitrogen and oxygen atoms in total. The summed E-state index contributed by atoms with van der Waals surface area (Å²) in [5, 5.41) is 19.0. The van der Waals surface area contributed by atoms with Crippen molar-refractivity contribution in [2.45, 2.75) is 33.7 Å². The summed E-state index contributed by atoms with van der Waals surface area (Å²) in [6.07, 6.45) is 0. The van der Waals surface area contributed by atoms with E-state index in [2.05, 4.69) is 15.5 Å². The van der Waals surface area contributed by atoms with Crippen LogP contribution in [0.1, 0.15) is 26.7 Å². The fraction of sp³-hybridized carbons (Fsp3) is 0.667. The van der Waals surface area contributed by atoms with Gasteiger partial charge in [0.05, 0.1) is 0 Å². The van der Waals surface area contributed by atoms with Crippen molar-refractivity contribution in [3.05, 3.63) is 5.89 Å². The van der Waals surface area contributed by atoms with Gasteiger partial charge in [0, 0.05) is 6.92 Å². The Bertz CT molecular complexity index is 354. The first-order chi connectivity index (χ1) is 6.80. The van der Waals surface area contributed by atoms with E-state index in [1.807, 2.05) is 20.8 Å². The molecule has 0 amide bonds. The Morgan fingerprint density at radius 3 is 2.40 bits per heavy atom. The summed E-state index contributed by atoms with van der Waals surface area (Å²) in [4.78, 5) is 11.0. The van der Waals surface area contributed by atoms with Crippen molar-refractivity contribution >= 4 is 12.0 Å². The first-order valence-electron chi connectivity index (χ1n) is 4.60. The number of hydrogen-bond donors (Lipinski definition) is 2. The zero-order valence-electron chi connectivity index (χ0n) is 9.24. The summed E-state index contributed by atoms with van der Waals surface area (Å²) in [5.41, 5.74) is -0.436. The zero-order valence-corrected chi connectivity index (χ0v) is 9.24. The van der Waals surface area contributed by atoms with Crippen LogP contribution in [-0.2, 0) is 4.79 Å². The average Bonchev–Trinajstić information content (AvgIpc) is 2.44. The number of anilines is 1. The second-order valence-electron chi connectivity index (χ2n) is 4.41. The number of aliphatic carboxylic acids is 1. The highest BCUT2D eigenvalue weighted by molar-refractivity contribution is 5.77. The zero-order chi connectivity index (χ0) is 11.6. The molecule has 1 atom stereocenters. The van der Waals surface area contributed by atoms with E-state index in [-0.39, 0.29) is 6.01 Å². The minimum atomic E-state index is -0.946. The molecule has 1 rings (SSSR count). The lowest BCUT2D eigenvalue weighted by Gasteiger charge is -2.26. The Hall–Kier alpha value is -1.59. The van der Waals surface area contributed by atoms with Crippen LogP contribution in [0.3, 0.4) is 0 Å². The number of nitrogens with zero attached hydrogens (tertiary/aromatic N) is 2. The second kappa shape index (κ2) is 3.88. The Labute approximate surface area is 87.7 Å². The number of carboxylic acid groups (broad SMARTS) is 1. The minimum Gasteiger partial charge on any atom is -0.480 e. The number of rotatable bonds is 3. The van der Waals surface area contributed by atoms with Crippen molar-refractivity contribution in [3.8, 4) is 0 Å². The standard InChI is InChI=1S/C9H15N3O3/c1-5-11-12-8(15-5)10-6(7(13)14)9(2,3)4/h6H,1-4H3,(H,10,12)(H,13,14)/t6-/m1/s1. The Balaban J connectivity index is 2.81. The van der Waals surface area contributed by atoms with E-state index in [0.717, 1.165) is 0 Å². The lowest BCUT2D eigenvalue weighted by Crippen LogP contribution is -2.41. The van der Waals surface area contributed by atoms with E-state index in [9.17, 15) is 4.79 Å². The maximum absolute atomic E-state index is 11.0. The van der Waals surface area contributed by atoms with E-state index in [0.29, 0.717) is 5.89 Å². The van der Waals surface area contributed by atoms with E-state index in [1.165, 1.54) is 0 Å². The van der Waals surface area contributed by atoms with Gasteiger partial charge >= 0.3 is 12.0 Å². The van der Waals surface area contributed by atoms with Crippen LogP contribution >= 0.6 is 0 Å². The molecule has 0 saturated carbocycles. The SMILES string of the molecule is Cc1nnc(N[C@H](C(=O)O)C(C)(C)C)o1. The van der Waals surface area contributed by atoms with E-state index < -0.39 is 17.4 Å². The summed E-state index contributed by atoms with van der Waals surface area (Å²) in [6.45, 7) is 7.11. The Kier molecular flexibility index (Phi) is 2.97. The first-order valence-corrected chi connectivity index (χ1v) is 4.60. The number of aryl methyl sites for hydroxylation is 1. The highest BCUT2D eigenvalue weighted by Crippen LogP contribution is 2.22. The molecule has 15 heavy (non-hydrogen) atoms. The van der Waals surface area contributed by atoms with Crippen LogP contribution in [0.25, 0.3) is 0 Å². The van der Waals surface area contributed by atoms with Gasteiger partial charge in [-0.3, -0.25) is 0 Å². The van der Waals surface area contributed by atoms with Crippen LogP contribution in [-0.4, -0.2) is 27.3 Å². The van der Waals surface area contributed by atoms with Crippen LogP contribution < -0.4 is 5.32 Å². The molecule has 0 aliphatic rings. The molecule has 0 unspecified atom stereocenters. The largest absolute Gasteiger partial charge is 0.480 e. The molecule has 0 bridgehead atoms. The Morgan fingerprint density at radius 2 is 2.07 bits per heavy atom. The summed E-state index contributed by atoms with van der Waals surface area (Å²) in [6, 6.07) is -0.632. The molecule has 1 aromatic heterocycles. The molecule has 0 aliphatic carbocycles. The molecular weight excluding hydrogens is 198 g/mol. The number of carboxylic acids is 1. The predicted molar refractivity (Wildman–Crippen MR) is 53.5 cm³/mol. The molecule has 0 saturated heterocycles. The van der Waals surface area contributed by atoms with Crippen LogP contribution in [0.15, 0.2) is 4.42 Å². The van der Waals surface area contributed by atoms with Gasteiger partial charge < -0.3 is 14.8 Å². The summed E-state index contributed by atoms with van der Waals surface area (Å²) < 4.78 is 5.06. The first kappa shape index (κ1) is 11.5. The highest BCUT2D eigenvalue weighted by Gasteiger charge is 2.32. The molecular formula is C9H15N3O3. The van der Waals surface area contributed by atoms with Crippen LogP contribution in [0.2, 0.25) is 0 Å². The number of nitrogens with one attached hydrogen (secondary N) is 1. The molecule has 1 aromatic rings. The average molecular weight is 213 g/mol. The molecule has 0 radical (unpaired) electrons. The smallest absolute Gasteiger partial charge is 0.326 e. The van der Waals surface area contributed by atoms with Crippen molar-refractivity contribution < 1.29 is 14.3 Å². The van der Waals surface area contributed by atoms with Crippen molar-refractivity contribution in [3.63, 3.8) is 0 Å². The van der Waals surface area contributed by atoms with Gasteiger partial charge in [-0.2, -0.15) is 0 Å². The van der Waals surface area contributed by atoms with Gasteiger partial charge in [0.25, 0.3) is 0 Å². The quantitative estimate of drug-likeness (QED) is 0.786. The fourth-order valence-electron chi connectivity index (χ4n) is 1.13. The van der Waals surface area contributed by atoms with Crippen molar-refractivity contribution in [1.29, 1.82) is 0 Å². The van der Waals surface area contributed by atoms with Crippen molar-refractivity contribution in [2.75, 3.05) is 5.32 Å². The van der Waals surface area contributed by atoms with Crippen molar-refractivity contribution in [2.24, 2.45) is 5.41 Å². The van der Waals surface area contributed by atoms with Crippen LogP contribution in [0.4, 0.5) is 6.01 Å². The highest BCUT2D eigenvalue weighted by atomic mass is 16.4. The maximum Gasteiger partial charge on any atom is 0.326 e. The van der Waals surface area contributed by atoms with Gasteiger partial charge in [-0.25, -0.2) is 4.79 Å². The number of carbonyl (C=O) groups is 1. The third-order valence-electron chi connectivity index (χ3n) is 1.91. The minimum absolute atomic E-state index is 0.134. The summed E-state index contributed by atoms with van der Waals surface area (Å²) in [7, 11) is 0. The molecule has 0 fully saturated rings. The predicted octanol–water partition coefficient (Wildman–Crippen LogP) is 1.29. The van der Waals surface area contributed by atoms with Crippen LogP contribution in [0.5, 0.6) is 0 Å².